The van der Waals surface area contributed by atoms with E-state index in [-0.39, 0.29) is 12.4 Å². The van der Waals surface area contributed by atoms with Crippen molar-refractivity contribution in [3.63, 3.8) is 0 Å². The van der Waals surface area contributed by atoms with Gasteiger partial charge in [0, 0.05) is 5.71 Å². The molecule has 1 amide bonds. The highest BCUT2D eigenvalue weighted by atomic mass is 19.1. The van der Waals surface area contributed by atoms with E-state index < -0.39 is 11.7 Å². The predicted octanol–water partition coefficient (Wildman–Crippen LogP) is 3.33. The molecule has 2 aromatic carbocycles. The largest absolute Gasteiger partial charge is 0.481 e. The minimum Gasteiger partial charge on any atom is -0.481 e. The summed E-state index contributed by atoms with van der Waals surface area (Å²) in [5.74, 6) is -0.873. The van der Waals surface area contributed by atoms with E-state index in [0.29, 0.717) is 0 Å². The fourth-order valence-corrected chi connectivity index (χ4v) is 1.92. The summed E-state index contributed by atoms with van der Waals surface area (Å²) < 4.78 is 18.4. The van der Waals surface area contributed by atoms with Crippen molar-refractivity contribution in [3.8, 4) is 5.75 Å². The Morgan fingerprint density at radius 1 is 1.13 bits per heavy atom. The maximum atomic E-state index is 13.3. The first-order valence-corrected chi connectivity index (χ1v) is 7.38. The lowest BCUT2D eigenvalue weighted by molar-refractivity contribution is -0.123. The number of hydrogen-bond acceptors (Lipinski definition) is 3. The summed E-state index contributed by atoms with van der Waals surface area (Å²) in [5, 5.41) is 4.02. The first kappa shape index (κ1) is 16.7. The normalized spacial score (nSPS) is 11.1. The van der Waals surface area contributed by atoms with Crippen molar-refractivity contribution in [1.82, 2.24) is 5.43 Å². The van der Waals surface area contributed by atoms with Crippen LogP contribution in [0.2, 0.25) is 0 Å². The minimum atomic E-state index is -0.497. The van der Waals surface area contributed by atoms with Crippen LogP contribution in [0.5, 0.6) is 5.75 Å². The summed E-state index contributed by atoms with van der Waals surface area (Å²) in [6.45, 7) is 1.57. The van der Waals surface area contributed by atoms with Crippen molar-refractivity contribution >= 4 is 11.6 Å². The number of rotatable bonds is 7. The Bertz CT molecular complexity index is 672. The van der Waals surface area contributed by atoms with Gasteiger partial charge in [-0.2, -0.15) is 5.10 Å². The van der Waals surface area contributed by atoms with E-state index in [9.17, 15) is 9.18 Å². The highest BCUT2D eigenvalue weighted by Gasteiger charge is 2.05. The molecule has 0 saturated heterocycles. The van der Waals surface area contributed by atoms with Gasteiger partial charge in [-0.05, 0) is 37.5 Å². The van der Waals surface area contributed by atoms with Gasteiger partial charge in [-0.15, -0.1) is 0 Å². The minimum absolute atomic E-state index is 0.0485. The topological polar surface area (TPSA) is 50.7 Å². The molecular formula is C18H19FN2O2. The molecule has 0 heterocycles. The Kier molecular flexibility index (Phi) is 6.29. The summed E-state index contributed by atoms with van der Waals surface area (Å²) in [5.41, 5.74) is 4.44. The zero-order valence-corrected chi connectivity index (χ0v) is 13.0. The second-order valence-corrected chi connectivity index (χ2v) is 5.09. The van der Waals surface area contributed by atoms with Gasteiger partial charge >= 0.3 is 0 Å². The number of aryl methyl sites for hydroxylation is 1. The van der Waals surface area contributed by atoms with Crippen LogP contribution in [-0.4, -0.2) is 18.2 Å². The Morgan fingerprint density at radius 3 is 2.57 bits per heavy atom. The molecule has 120 valence electrons. The van der Waals surface area contributed by atoms with E-state index in [1.807, 2.05) is 37.3 Å². The number of carbonyl (C=O) groups is 1. The van der Waals surface area contributed by atoms with E-state index in [4.69, 9.17) is 4.74 Å². The van der Waals surface area contributed by atoms with Crippen molar-refractivity contribution in [2.24, 2.45) is 5.10 Å². The van der Waals surface area contributed by atoms with E-state index in [1.54, 1.807) is 12.1 Å². The van der Waals surface area contributed by atoms with Gasteiger partial charge in [-0.3, -0.25) is 4.79 Å². The van der Waals surface area contributed by atoms with Crippen molar-refractivity contribution < 1.29 is 13.9 Å². The fourth-order valence-electron chi connectivity index (χ4n) is 1.92. The van der Waals surface area contributed by atoms with E-state index in [0.717, 1.165) is 18.6 Å². The molecule has 23 heavy (non-hydrogen) atoms. The maximum absolute atomic E-state index is 13.3. The van der Waals surface area contributed by atoms with E-state index in [1.165, 1.54) is 17.7 Å². The number of nitrogens with one attached hydrogen (secondary N) is 1. The van der Waals surface area contributed by atoms with Crippen LogP contribution in [-0.2, 0) is 11.2 Å². The molecule has 5 heteroatoms. The maximum Gasteiger partial charge on any atom is 0.277 e. The summed E-state index contributed by atoms with van der Waals surface area (Å²) in [7, 11) is 0. The molecule has 0 aliphatic heterocycles. The molecule has 0 aliphatic carbocycles. The van der Waals surface area contributed by atoms with Gasteiger partial charge in [0.15, 0.2) is 18.2 Å². The number of benzene rings is 2. The second-order valence-electron chi connectivity index (χ2n) is 5.09. The molecule has 1 N–H and O–H groups in total. The Balaban J connectivity index is 1.73. The molecule has 0 aliphatic rings. The first-order chi connectivity index (χ1) is 11.1. The quantitative estimate of drug-likeness (QED) is 0.629. The lowest BCUT2D eigenvalue weighted by Gasteiger charge is -2.06. The van der Waals surface area contributed by atoms with E-state index in [2.05, 4.69) is 10.5 Å². The molecule has 2 aromatic rings. The van der Waals surface area contributed by atoms with E-state index >= 15 is 0 Å². The number of nitrogens with zero attached hydrogens (tertiary/aromatic N) is 1. The number of halogens is 1. The number of ether oxygens (including phenoxy) is 1. The SMILES string of the molecule is C/C(CCc1ccccc1)=N/NC(=O)COc1ccccc1F. The van der Waals surface area contributed by atoms with Crippen LogP contribution < -0.4 is 10.2 Å². The molecule has 0 atom stereocenters. The highest BCUT2D eigenvalue weighted by Crippen LogP contribution is 2.14. The van der Waals surface area contributed by atoms with Gasteiger partial charge in [0.2, 0.25) is 0 Å². The standard InChI is InChI=1S/C18H19FN2O2/c1-14(11-12-15-7-3-2-4-8-15)20-21-18(22)13-23-17-10-6-5-9-16(17)19/h2-10H,11-13H2,1H3,(H,21,22)/b20-14-. The Hall–Kier alpha value is -2.69. The number of hydrogen-bond donors (Lipinski definition) is 1. The molecular weight excluding hydrogens is 295 g/mol. The predicted molar refractivity (Wildman–Crippen MR) is 87.9 cm³/mol. The fraction of sp³-hybridized carbons (Fsp3) is 0.222. The van der Waals surface area contributed by atoms with Crippen LogP contribution in [0, 0.1) is 5.82 Å². The summed E-state index contributed by atoms with van der Waals surface area (Å²) >= 11 is 0. The zero-order chi connectivity index (χ0) is 16.5. The Labute approximate surface area is 135 Å². The van der Waals surface area contributed by atoms with Crippen molar-refractivity contribution in [3.05, 3.63) is 66.0 Å². The van der Waals surface area contributed by atoms with Crippen molar-refractivity contribution in [1.29, 1.82) is 0 Å². The zero-order valence-electron chi connectivity index (χ0n) is 13.0. The summed E-state index contributed by atoms with van der Waals surface area (Å²) in [6, 6.07) is 16.0. The van der Waals surface area contributed by atoms with Crippen LogP contribution in [0.25, 0.3) is 0 Å². The summed E-state index contributed by atoms with van der Waals surface area (Å²) in [6.07, 6.45) is 1.61. The van der Waals surface area contributed by atoms with Gasteiger partial charge in [0.25, 0.3) is 5.91 Å². The van der Waals surface area contributed by atoms with Crippen LogP contribution in [0.4, 0.5) is 4.39 Å². The third kappa shape index (κ3) is 5.90. The van der Waals surface area contributed by atoms with Crippen LogP contribution >= 0.6 is 0 Å². The smallest absolute Gasteiger partial charge is 0.277 e. The molecule has 0 aromatic heterocycles. The Morgan fingerprint density at radius 2 is 1.83 bits per heavy atom. The van der Waals surface area contributed by atoms with Crippen LogP contribution in [0.3, 0.4) is 0 Å². The highest BCUT2D eigenvalue weighted by molar-refractivity contribution is 5.84. The third-order valence-electron chi connectivity index (χ3n) is 3.19. The molecule has 0 bridgehead atoms. The molecule has 0 spiro atoms. The summed E-state index contributed by atoms with van der Waals surface area (Å²) in [4.78, 5) is 11.6. The molecule has 4 nitrogen and oxygen atoms in total. The van der Waals surface area contributed by atoms with Gasteiger partial charge in [0.1, 0.15) is 0 Å². The average molecular weight is 314 g/mol. The number of para-hydroxylation sites is 1. The number of carbonyl (C=O) groups excluding carboxylic acids is 1. The van der Waals surface area contributed by atoms with Crippen LogP contribution in [0.1, 0.15) is 18.9 Å². The molecule has 2 rings (SSSR count). The number of amides is 1. The number of hydrazone groups is 1. The van der Waals surface area contributed by atoms with Crippen molar-refractivity contribution in [2.45, 2.75) is 19.8 Å². The lowest BCUT2D eigenvalue weighted by atomic mass is 10.1. The second kappa shape index (κ2) is 8.68. The molecule has 0 saturated carbocycles. The third-order valence-corrected chi connectivity index (χ3v) is 3.19. The first-order valence-electron chi connectivity index (χ1n) is 7.38. The lowest BCUT2D eigenvalue weighted by Crippen LogP contribution is -2.25. The van der Waals surface area contributed by atoms with Crippen molar-refractivity contribution in [2.75, 3.05) is 6.61 Å². The molecule has 0 unspecified atom stereocenters. The molecule has 0 fully saturated rings. The van der Waals surface area contributed by atoms with Gasteiger partial charge < -0.3 is 4.74 Å². The molecule has 0 radical (unpaired) electrons. The monoisotopic (exact) mass is 314 g/mol. The average Bonchev–Trinajstić information content (AvgIpc) is 2.58. The van der Waals surface area contributed by atoms with Gasteiger partial charge in [-0.1, -0.05) is 42.5 Å². The van der Waals surface area contributed by atoms with Gasteiger partial charge in [0.05, 0.1) is 0 Å². The van der Waals surface area contributed by atoms with Crippen LogP contribution in [0.15, 0.2) is 59.7 Å². The van der Waals surface area contributed by atoms with Gasteiger partial charge in [-0.25, -0.2) is 9.82 Å².